The van der Waals surface area contributed by atoms with E-state index in [1.807, 2.05) is 17.9 Å². The minimum Gasteiger partial charge on any atom is -0.457 e. The van der Waals surface area contributed by atoms with Crippen LogP contribution in [0.2, 0.25) is 0 Å². The molecule has 2 fully saturated rings. The van der Waals surface area contributed by atoms with E-state index in [2.05, 4.69) is 13.8 Å². The van der Waals surface area contributed by atoms with Gasteiger partial charge in [-0.15, -0.1) is 11.3 Å². The summed E-state index contributed by atoms with van der Waals surface area (Å²) < 4.78 is 5.22. The topological polar surface area (TPSA) is 63.7 Å². The lowest BCUT2D eigenvalue weighted by atomic mass is 9.77. The number of hydrogen-bond acceptors (Lipinski definition) is 5. The Morgan fingerprint density at radius 3 is 2.73 bits per heavy atom. The van der Waals surface area contributed by atoms with Gasteiger partial charge in [0.2, 0.25) is 11.7 Å². The van der Waals surface area contributed by atoms with Gasteiger partial charge in [0.1, 0.15) is 0 Å². The Morgan fingerprint density at radius 1 is 1.27 bits per heavy atom. The average molecular weight is 378 g/mol. The zero-order chi connectivity index (χ0) is 18.8. The molecule has 0 unspecified atom stereocenters. The lowest BCUT2D eigenvalue weighted by Gasteiger charge is -2.39. The Balaban J connectivity index is 1.54. The van der Waals surface area contributed by atoms with Gasteiger partial charge in [0.05, 0.1) is 10.8 Å². The maximum absolute atomic E-state index is 12.5. The number of carbonyl (C=O) groups is 3. The normalized spacial score (nSPS) is 29.0. The molecule has 2 heterocycles. The maximum Gasteiger partial charge on any atom is 0.311 e. The highest BCUT2D eigenvalue weighted by Gasteiger charge is 2.42. The number of rotatable bonds is 5. The largest absolute Gasteiger partial charge is 0.457 e. The molecule has 0 bridgehead atoms. The van der Waals surface area contributed by atoms with E-state index in [1.54, 1.807) is 6.07 Å². The molecule has 1 aromatic heterocycles. The summed E-state index contributed by atoms with van der Waals surface area (Å²) in [6.45, 7) is 6.54. The van der Waals surface area contributed by atoms with Crippen LogP contribution in [0, 0.1) is 24.7 Å². The molecule has 0 spiro atoms. The van der Waals surface area contributed by atoms with Crippen LogP contribution in [-0.2, 0) is 14.3 Å². The lowest BCUT2D eigenvalue weighted by molar-refractivity contribution is -0.147. The number of amides is 1. The molecule has 0 aromatic carbocycles. The predicted octanol–water partition coefficient (Wildman–Crippen LogP) is 3.46. The Bertz CT molecular complexity index is 698. The summed E-state index contributed by atoms with van der Waals surface area (Å²) in [5, 5.41) is 0. The highest BCUT2D eigenvalue weighted by molar-refractivity contribution is 7.14. The predicted molar refractivity (Wildman–Crippen MR) is 100 cm³/mol. The molecular formula is C20H27NO4S. The van der Waals surface area contributed by atoms with Crippen molar-refractivity contribution in [3.8, 4) is 0 Å². The highest BCUT2D eigenvalue weighted by atomic mass is 32.1. The molecule has 26 heavy (non-hydrogen) atoms. The van der Waals surface area contributed by atoms with Crippen LogP contribution >= 0.6 is 11.3 Å². The van der Waals surface area contributed by atoms with Crippen molar-refractivity contribution in [3.05, 3.63) is 21.9 Å². The van der Waals surface area contributed by atoms with Gasteiger partial charge < -0.3 is 9.64 Å². The third-order valence-corrected chi connectivity index (χ3v) is 6.96. The number of thiophene rings is 1. The zero-order valence-electron chi connectivity index (χ0n) is 15.7. The number of hydrogen-bond donors (Lipinski definition) is 0. The quantitative estimate of drug-likeness (QED) is 0.582. The van der Waals surface area contributed by atoms with E-state index in [0.29, 0.717) is 23.3 Å². The van der Waals surface area contributed by atoms with E-state index in [-0.39, 0.29) is 30.8 Å². The molecule has 1 saturated heterocycles. The van der Waals surface area contributed by atoms with Crippen LogP contribution in [-0.4, -0.2) is 41.8 Å². The van der Waals surface area contributed by atoms with Gasteiger partial charge in [-0.25, -0.2) is 0 Å². The number of esters is 1. The monoisotopic (exact) mass is 377 g/mol. The minimum atomic E-state index is -0.454. The molecule has 0 N–H and O–H groups in total. The molecule has 1 aliphatic heterocycles. The number of ketones is 1. The Kier molecular flexibility index (Phi) is 5.80. The summed E-state index contributed by atoms with van der Waals surface area (Å²) in [6, 6.07) is 3.85. The van der Waals surface area contributed by atoms with Crippen LogP contribution in [0.3, 0.4) is 0 Å². The summed E-state index contributed by atoms with van der Waals surface area (Å²) >= 11 is 1.40. The molecule has 2 aliphatic rings. The van der Waals surface area contributed by atoms with Gasteiger partial charge in [-0.3, -0.25) is 14.4 Å². The van der Waals surface area contributed by atoms with Crippen molar-refractivity contribution in [2.45, 2.75) is 52.5 Å². The third kappa shape index (κ3) is 4.00. The number of aryl methyl sites for hydroxylation is 1. The first kappa shape index (κ1) is 19.1. The molecule has 3 rings (SSSR count). The van der Waals surface area contributed by atoms with E-state index in [4.69, 9.17) is 4.74 Å². The van der Waals surface area contributed by atoms with Gasteiger partial charge in [-0.05, 0) is 37.3 Å². The molecule has 1 aromatic rings. The van der Waals surface area contributed by atoms with Crippen LogP contribution in [0.4, 0.5) is 0 Å². The van der Waals surface area contributed by atoms with Crippen molar-refractivity contribution in [1.82, 2.24) is 4.90 Å². The Hall–Kier alpha value is -1.69. The van der Waals surface area contributed by atoms with Gasteiger partial charge in [-0.1, -0.05) is 26.7 Å². The van der Waals surface area contributed by atoms with E-state index < -0.39 is 11.9 Å². The lowest BCUT2D eigenvalue weighted by Crippen LogP contribution is -2.45. The van der Waals surface area contributed by atoms with Crippen LogP contribution in [0.5, 0.6) is 0 Å². The van der Waals surface area contributed by atoms with E-state index in [0.717, 1.165) is 17.7 Å². The second-order valence-electron chi connectivity index (χ2n) is 7.72. The van der Waals surface area contributed by atoms with Crippen LogP contribution < -0.4 is 0 Å². The summed E-state index contributed by atoms with van der Waals surface area (Å²) in [6.07, 6.45) is 3.54. The fourth-order valence-corrected chi connectivity index (χ4v) is 4.91. The molecule has 4 atom stereocenters. The van der Waals surface area contributed by atoms with E-state index >= 15 is 0 Å². The first-order chi connectivity index (χ1) is 12.4. The van der Waals surface area contributed by atoms with Crippen molar-refractivity contribution in [2.75, 3.05) is 13.2 Å². The first-order valence-corrected chi connectivity index (χ1v) is 10.2. The molecule has 0 radical (unpaired) electrons. The van der Waals surface area contributed by atoms with Crippen molar-refractivity contribution < 1.29 is 19.1 Å². The molecular weight excluding hydrogens is 350 g/mol. The Labute approximate surface area is 158 Å². The second kappa shape index (κ2) is 7.91. The maximum atomic E-state index is 12.5. The van der Waals surface area contributed by atoms with Crippen LogP contribution in [0.15, 0.2) is 12.1 Å². The van der Waals surface area contributed by atoms with Gasteiger partial charge in [0.25, 0.3) is 0 Å². The minimum absolute atomic E-state index is 0.0399. The molecule has 6 heteroatoms. The van der Waals surface area contributed by atoms with Gasteiger partial charge in [0.15, 0.2) is 6.61 Å². The second-order valence-corrected chi connectivity index (χ2v) is 9.01. The zero-order valence-corrected chi connectivity index (χ0v) is 16.5. The fraction of sp³-hybridized carbons (Fsp3) is 0.650. The van der Waals surface area contributed by atoms with E-state index in [1.165, 1.54) is 17.8 Å². The SMILES string of the molecule is Cc1ccc(C(=O)COC(=O)[C@@H]2CC(=O)N([C@@H]3CCC[C@H](C)[C@@H]3C)C2)s1. The van der Waals surface area contributed by atoms with Crippen LogP contribution in [0.1, 0.15) is 54.1 Å². The highest BCUT2D eigenvalue weighted by Crippen LogP contribution is 2.35. The number of likely N-dealkylation sites (tertiary alicyclic amines) is 1. The summed E-state index contributed by atoms with van der Waals surface area (Å²) in [5.74, 6) is 0.0137. The Morgan fingerprint density at radius 2 is 2.04 bits per heavy atom. The number of Topliss-reactive ketones (excluding diaryl/α,β-unsaturated/α-hetero) is 1. The van der Waals surface area contributed by atoms with Gasteiger partial charge in [-0.2, -0.15) is 0 Å². The summed E-state index contributed by atoms with van der Waals surface area (Å²) in [7, 11) is 0. The smallest absolute Gasteiger partial charge is 0.311 e. The summed E-state index contributed by atoms with van der Waals surface area (Å²) in [4.78, 5) is 40.4. The first-order valence-electron chi connectivity index (χ1n) is 9.42. The third-order valence-electron chi connectivity index (χ3n) is 5.92. The number of ether oxygens (including phenoxy) is 1. The van der Waals surface area contributed by atoms with E-state index in [9.17, 15) is 14.4 Å². The molecule has 1 amide bonds. The van der Waals surface area contributed by atoms with Gasteiger partial charge >= 0.3 is 5.97 Å². The van der Waals surface area contributed by atoms with Crippen molar-refractivity contribution in [3.63, 3.8) is 0 Å². The van der Waals surface area contributed by atoms with Crippen molar-refractivity contribution in [2.24, 2.45) is 17.8 Å². The van der Waals surface area contributed by atoms with Gasteiger partial charge in [0, 0.05) is 23.9 Å². The molecule has 1 saturated carbocycles. The van der Waals surface area contributed by atoms with Crippen molar-refractivity contribution in [1.29, 1.82) is 0 Å². The van der Waals surface area contributed by atoms with Crippen LogP contribution in [0.25, 0.3) is 0 Å². The standard InChI is InChI=1S/C20H27NO4S/c1-12-5-4-6-16(14(12)3)21-10-15(9-19(21)23)20(24)25-11-17(22)18-8-7-13(2)26-18/h7-8,12,14-16H,4-6,9-11H2,1-3H3/t12-,14-,15+,16+/m0/s1. The average Bonchev–Trinajstić information content (AvgIpc) is 3.21. The molecule has 142 valence electrons. The number of carbonyl (C=O) groups excluding carboxylic acids is 3. The number of nitrogens with zero attached hydrogens (tertiary/aromatic N) is 1. The molecule has 1 aliphatic carbocycles. The molecule has 5 nitrogen and oxygen atoms in total. The van der Waals surface area contributed by atoms with Crippen molar-refractivity contribution >= 4 is 29.0 Å². The fourth-order valence-electron chi connectivity index (χ4n) is 4.11. The summed E-state index contributed by atoms with van der Waals surface area (Å²) in [5.41, 5.74) is 0.